The molecule has 0 aromatic heterocycles. The van der Waals surface area contributed by atoms with Crippen molar-refractivity contribution in [1.82, 2.24) is 0 Å². The van der Waals surface area contributed by atoms with Crippen LogP contribution in [0.4, 0.5) is 0 Å². The predicted molar refractivity (Wildman–Crippen MR) is 46.8 cm³/mol. The molecular weight excluding hydrogens is 305 g/mol. The van der Waals surface area contributed by atoms with E-state index in [1.807, 2.05) is 39.0 Å². The van der Waals surface area contributed by atoms with Gasteiger partial charge in [0.2, 0.25) is 0 Å². The Balaban J connectivity index is 0. The van der Waals surface area contributed by atoms with Crippen LogP contribution in [0, 0.1) is 13.0 Å². The van der Waals surface area contributed by atoms with Gasteiger partial charge in [0, 0.05) is 28.3 Å². The van der Waals surface area contributed by atoms with E-state index in [2.05, 4.69) is 6.07 Å². The molecule has 0 aliphatic rings. The third-order valence-corrected chi connectivity index (χ3v) is 1.10. The van der Waals surface area contributed by atoms with Crippen LogP contribution in [0.1, 0.15) is 19.4 Å². The minimum absolute atomic E-state index is 0. The molecule has 1 aromatic rings. The van der Waals surface area contributed by atoms with Crippen LogP contribution in [0.2, 0.25) is 0 Å². The van der Waals surface area contributed by atoms with Gasteiger partial charge in [-0.25, -0.2) is 0 Å². The third kappa shape index (κ3) is 5.24. The first-order valence-corrected chi connectivity index (χ1v) is 3.53. The van der Waals surface area contributed by atoms with Crippen LogP contribution in [0.3, 0.4) is 0 Å². The van der Waals surface area contributed by atoms with Crippen molar-refractivity contribution >= 4 is 13.3 Å². The van der Waals surface area contributed by atoms with Crippen molar-refractivity contribution in [2.45, 2.75) is 20.8 Å². The fourth-order valence-electron chi connectivity index (χ4n) is 0.533. The Labute approximate surface area is 84.5 Å². The molecule has 0 fully saturated rings. The molecule has 0 saturated heterocycles. The van der Waals surface area contributed by atoms with E-state index in [1.165, 1.54) is 0 Å². The Morgan fingerprint density at radius 2 is 1.91 bits per heavy atom. The van der Waals surface area contributed by atoms with Gasteiger partial charge in [0.1, 0.15) is 0 Å². The van der Waals surface area contributed by atoms with E-state index in [0.29, 0.717) is 0 Å². The van der Waals surface area contributed by atoms with Gasteiger partial charge in [-0.1, -0.05) is 20.8 Å². The maximum Gasteiger partial charge on any atom is 0.0122 e. The van der Waals surface area contributed by atoms with Crippen LogP contribution in [0.5, 0.6) is 0 Å². The van der Waals surface area contributed by atoms with Gasteiger partial charge in [-0.2, -0.15) is 35.3 Å². The van der Waals surface area contributed by atoms with Crippen molar-refractivity contribution in [1.29, 1.82) is 0 Å². The quantitative estimate of drug-likeness (QED) is 0.504. The third-order valence-electron chi connectivity index (χ3n) is 1.10. The molecule has 59 valence electrons. The molecule has 0 aliphatic heterocycles. The van der Waals surface area contributed by atoms with Crippen molar-refractivity contribution in [3.63, 3.8) is 0 Å². The van der Waals surface area contributed by atoms with Crippen molar-refractivity contribution < 1.29 is 20.4 Å². The molecule has 1 aromatic carbocycles. The number of aryl methyl sites for hydroxylation is 1. The van der Waals surface area contributed by atoms with Crippen LogP contribution in [-0.4, -0.2) is 7.85 Å². The number of benzene rings is 1. The summed E-state index contributed by atoms with van der Waals surface area (Å²) in [4.78, 5) is 0. The summed E-state index contributed by atoms with van der Waals surface area (Å²) in [6, 6.07) is 8.57. The summed E-state index contributed by atoms with van der Waals surface area (Å²) in [7, 11) is 5.49. The molecule has 1 rings (SSSR count). The zero-order chi connectivity index (χ0) is 7.98. The summed E-state index contributed by atoms with van der Waals surface area (Å²) < 4.78 is 0. The average Bonchev–Trinajstić information content (AvgIpc) is 2.00. The first-order valence-electron chi connectivity index (χ1n) is 3.53. The Morgan fingerprint density at radius 1 is 1.36 bits per heavy atom. The van der Waals surface area contributed by atoms with Gasteiger partial charge in [-0.3, -0.25) is 0 Å². The summed E-state index contributed by atoms with van der Waals surface area (Å²) in [6.07, 6.45) is 0. The molecular formula is C9H12BRe-. The predicted octanol–water partition coefficient (Wildman–Crippen LogP) is 1.61. The molecule has 3 radical (unpaired) electrons. The molecule has 0 N–H and O–H groups in total. The first-order chi connectivity index (χ1) is 4.80. The number of hydrogen-bond acceptors (Lipinski definition) is 0. The van der Waals surface area contributed by atoms with E-state index in [0.717, 1.165) is 11.0 Å². The van der Waals surface area contributed by atoms with Gasteiger partial charge in [-0.15, -0.1) is 0 Å². The fourth-order valence-corrected chi connectivity index (χ4v) is 0.533. The molecule has 0 amide bonds. The Hall–Kier alpha value is -0.0527. The monoisotopic (exact) mass is 318 g/mol. The second-order valence-corrected chi connectivity index (χ2v) is 1.75. The summed E-state index contributed by atoms with van der Waals surface area (Å²) in [5.41, 5.74) is 1.83. The topological polar surface area (TPSA) is 0 Å². The van der Waals surface area contributed by atoms with E-state index in [-0.39, 0.29) is 20.4 Å². The molecule has 0 spiro atoms. The summed E-state index contributed by atoms with van der Waals surface area (Å²) in [5, 5.41) is 0. The smallest absolute Gasteiger partial charge is 0.0122 e. The maximum absolute atomic E-state index is 5.49. The van der Waals surface area contributed by atoms with Crippen molar-refractivity contribution in [3.05, 3.63) is 29.8 Å². The maximum atomic E-state index is 5.49. The van der Waals surface area contributed by atoms with E-state index >= 15 is 0 Å². The van der Waals surface area contributed by atoms with Crippen molar-refractivity contribution in [3.8, 4) is 0 Å². The normalized spacial score (nSPS) is 7.18. The van der Waals surface area contributed by atoms with Gasteiger partial charge in [0.25, 0.3) is 0 Å². The second-order valence-electron chi connectivity index (χ2n) is 1.75. The van der Waals surface area contributed by atoms with E-state index < -0.39 is 0 Å². The molecule has 0 atom stereocenters. The summed E-state index contributed by atoms with van der Waals surface area (Å²) >= 11 is 0. The average molecular weight is 317 g/mol. The van der Waals surface area contributed by atoms with Gasteiger partial charge >= 0.3 is 0 Å². The summed E-state index contributed by atoms with van der Waals surface area (Å²) in [6.45, 7) is 5.94. The zero-order valence-electron chi connectivity index (χ0n) is 7.19. The molecule has 2 heteroatoms. The number of hydrogen-bond donors (Lipinski definition) is 0. The van der Waals surface area contributed by atoms with Crippen LogP contribution in [-0.2, 0) is 20.4 Å². The van der Waals surface area contributed by atoms with Gasteiger partial charge in [-0.05, 0) is 0 Å². The minimum Gasteiger partial charge on any atom is -0.194 e. The standard InChI is InChI=1S/C7H6B.C2H6.Re/c1-6-4-2-3-5-7(6)8;1-2;/h2-3,5H,1H3;1-2H3;/q-1;;. The van der Waals surface area contributed by atoms with Crippen LogP contribution in [0.15, 0.2) is 18.2 Å². The van der Waals surface area contributed by atoms with Gasteiger partial charge in [0.05, 0.1) is 0 Å². The Morgan fingerprint density at radius 3 is 2.18 bits per heavy atom. The number of rotatable bonds is 0. The molecule has 0 unspecified atom stereocenters. The molecule has 0 nitrogen and oxygen atoms in total. The van der Waals surface area contributed by atoms with Crippen molar-refractivity contribution in [2.24, 2.45) is 0 Å². The molecule has 0 heterocycles. The Kier molecular flexibility index (Phi) is 9.90. The first kappa shape index (κ1) is 13.5. The molecule has 0 saturated carbocycles. The largest absolute Gasteiger partial charge is 0.194 e. The van der Waals surface area contributed by atoms with Gasteiger partial charge < -0.3 is 0 Å². The molecule has 0 aliphatic carbocycles. The van der Waals surface area contributed by atoms with Crippen LogP contribution >= 0.6 is 0 Å². The van der Waals surface area contributed by atoms with Crippen LogP contribution < -0.4 is 5.46 Å². The fraction of sp³-hybridized carbons (Fsp3) is 0.333. The SMILES string of the molecule is CC.[B]c1ccc[c-]c1C.[Re]. The van der Waals surface area contributed by atoms with Crippen LogP contribution in [0.25, 0.3) is 0 Å². The van der Waals surface area contributed by atoms with Gasteiger partial charge in [0.15, 0.2) is 0 Å². The van der Waals surface area contributed by atoms with Crippen molar-refractivity contribution in [2.75, 3.05) is 0 Å². The Bertz CT molecular complexity index is 166. The zero-order valence-corrected chi connectivity index (χ0v) is 9.90. The van der Waals surface area contributed by atoms with E-state index in [9.17, 15) is 0 Å². The second kappa shape index (κ2) is 8.05. The summed E-state index contributed by atoms with van der Waals surface area (Å²) in [5.74, 6) is 0. The minimum atomic E-state index is 0. The molecule has 11 heavy (non-hydrogen) atoms. The van der Waals surface area contributed by atoms with E-state index in [4.69, 9.17) is 7.85 Å². The molecule has 0 bridgehead atoms. The van der Waals surface area contributed by atoms with E-state index in [1.54, 1.807) is 0 Å².